The molecule has 30 heavy (non-hydrogen) atoms. The molecule has 0 saturated heterocycles. The Morgan fingerprint density at radius 2 is 1.90 bits per heavy atom. The predicted molar refractivity (Wildman–Crippen MR) is 105 cm³/mol. The summed E-state index contributed by atoms with van der Waals surface area (Å²) in [5, 5.41) is 4.71. The summed E-state index contributed by atoms with van der Waals surface area (Å²) in [5.74, 6) is 0.707. The van der Waals surface area contributed by atoms with Gasteiger partial charge in [-0.15, -0.1) is 0 Å². The van der Waals surface area contributed by atoms with Crippen LogP contribution in [0.3, 0.4) is 0 Å². The van der Waals surface area contributed by atoms with Crippen LogP contribution in [-0.2, 0) is 11.3 Å². The topological polar surface area (TPSA) is 77.3 Å². The molecule has 1 heterocycles. The molecule has 6 nitrogen and oxygen atoms in total. The zero-order valence-corrected chi connectivity index (χ0v) is 16.4. The molecule has 0 aliphatic rings. The Balaban J connectivity index is 1.57. The minimum Gasteiger partial charge on any atom is -0.493 e. The first-order chi connectivity index (χ1) is 14.6. The number of hydrogen-bond acceptors (Lipinski definition) is 4. The van der Waals surface area contributed by atoms with Gasteiger partial charge in [0, 0.05) is 12.1 Å². The largest absolute Gasteiger partial charge is 0.493 e. The number of nitrogens with two attached hydrogens (primary N) is 1. The van der Waals surface area contributed by atoms with Crippen LogP contribution in [-0.4, -0.2) is 26.2 Å². The van der Waals surface area contributed by atoms with Crippen LogP contribution < -0.4 is 20.1 Å². The lowest BCUT2D eigenvalue weighted by molar-refractivity contribution is -0.678. The molecule has 158 valence electrons. The zero-order valence-electron chi connectivity index (χ0n) is 16.4. The molecule has 0 radical (unpaired) electrons. The van der Waals surface area contributed by atoms with E-state index in [4.69, 9.17) is 9.15 Å². The molecule has 1 amide bonds. The number of alkyl halides is 2. The van der Waals surface area contributed by atoms with Crippen LogP contribution >= 0.6 is 0 Å². The Hall–Kier alpha value is -3.39. The number of amides is 1. The third-order valence-electron chi connectivity index (χ3n) is 4.48. The molecular weight excluding hydrogens is 394 g/mol. The molecular formula is C22H23F2N2O4+. The minimum absolute atomic E-state index is 0.0555. The van der Waals surface area contributed by atoms with Crippen molar-refractivity contribution in [3.8, 4) is 11.5 Å². The highest BCUT2D eigenvalue weighted by molar-refractivity contribution is 5.76. The first-order valence-corrected chi connectivity index (χ1v) is 9.37. The van der Waals surface area contributed by atoms with Crippen LogP contribution in [0.25, 0.3) is 0 Å². The maximum absolute atomic E-state index is 12.4. The van der Waals surface area contributed by atoms with E-state index in [0.717, 1.165) is 11.3 Å². The Kier molecular flexibility index (Phi) is 7.40. The molecule has 3 rings (SSSR count). The number of benzene rings is 2. The highest BCUT2D eigenvalue weighted by atomic mass is 19.3. The second kappa shape index (κ2) is 10.4. The minimum atomic E-state index is -2.94. The van der Waals surface area contributed by atoms with Gasteiger partial charge >= 0.3 is 6.61 Å². The summed E-state index contributed by atoms with van der Waals surface area (Å²) in [4.78, 5) is 12.4. The van der Waals surface area contributed by atoms with Crippen molar-refractivity contribution < 1.29 is 32.8 Å². The zero-order chi connectivity index (χ0) is 21.3. The molecule has 8 heteroatoms. The van der Waals surface area contributed by atoms with E-state index in [2.05, 4.69) is 10.1 Å². The second-order valence-corrected chi connectivity index (χ2v) is 6.48. The van der Waals surface area contributed by atoms with Gasteiger partial charge in [-0.25, -0.2) is 0 Å². The first kappa shape index (κ1) is 21.3. The molecule has 3 aromatic rings. The number of hydrogen-bond donors (Lipinski definition) is 2. The van der Waals surface area contributed by atoms with Gasteiger partial charge in [0.1, 0.15) is 0 Å². The second-order valence-electron chi connectivity index (χ2n) is 6.48. The van der Waals surface area contributed by atoms with Crippen molar-refractivity contribution in [3.63, 3.8) is 0 Å². The van der Waals surface area contributed by atoms with Gasteiger partial charge in [0.05, 0.1) is 13.4 Å². The highest BCUT2D eigenvalue weighted by Gasteiger charge is 2.21. The van der Waals surface area contributed by atoms with E-state index in [1.54, 1.807) is 18.4 Å². The van der Waals surface area contributed by atoms with E-state index in [9.17, 15) is 13.6 Å². The van der Waals surface area contributed by atoms with Crippen molar-refractivity contribution in [3.05, 3.63) is 83.8 Å². The van der Waals surface area contributed by atoms with Crippen molar-refractivity contribution in [1.29, 1.82) is 0 Å². The summed E-state index contributed by atoms with van der Waals surface area (Å²) < 4.78 is 39.9. The predicted octanol–water partition coefficient (Wildman–Crippen LogP) is 2.86. The first-order valence-electron chi connectivity index (χ1n) is 9.37. The van der Waals surface area contributed by atoms with E-state index in [1.807, 2.05) is 47.8 Å². The summed E-state index contributed by atoms with van der Waals surface area (Å²) in [6.07, 6.45) is 1.61. The Morgan fingerprint density at radius 3 is 2.57 bits per heavy atom. The van der Waals surface area contributed by atoms with Gasteiger partial charge < -0.3 is 24.5 Å². The van der Waals surface area contributed by atoms with Crippen molar-refractivity contribution in [2.75, 3.05) is 13.7 Å². The van der Waals surface area contributed by atoms with Crippen LogP contribution in [0.5, 0.6) is 11.5 Å². The van der Waals surface area contributed by atoms with Gasteiger partial charge in [-0.3, -0.25) is 4.79 Å². The number of ether oxygens (including phenoxy) is 2. The molecule has 0 bridgehead atoms. The fourth-order valence-electron chi connectivity index (χ4n) is 3.06. The lowest BCUT2D eigenvalue weighted by Crippen LogP contribution is -2.87. The van der Waals surface area contributed by atoms with E-state index < -0.39 is 6.61 Å². The smallest absolute Gasteiger partial charge is 0.387 e. The quantitative estimate of drug-likeness (QED) is 0.532. The average molecular weight is 417 g/mol. The molecule has 0 aliphatic heterocycles. The van der Waals surface area contributed by atoms with Gasteiger partial charge in [0.15, 0.2) is 29.8 Å². The van der Waals surface area contributed by atoms with Gasteiger partial charge in [0.25, 0.3) is 5.91 Å². The number of furan rings is 1. The average Bonchev–Trinajstić information content (AvgIpc) is 3.28. The van der Waals surface area contributed by atoms with Gasteiger partial charge in [-0.2, -0.15) is 8.78 Å². The van der Waals surface area contributed by atoms with Crippen LogP contribution in [0.4, 0.5) is 8.78 Å². The standard InChI is InChI=1S/C22H22F2N2O4/c1-28-19-12-15(9-10-17(19)30-22(23)24)13-25-20(27)14-26-21(18-8-5-11-29-18)16-6-3-2-4-7-16/h2-12,21-22,26H,13-14H2,1H3,(H,25,27)/p+1/t21-/m1/s1. The Bertz CT molecular complexity index is 934. The Labute approximate surface area is 172 Å². The number of carbonyl (C=O) groups excluding carboxylic acids is 1. The molecule has 1 atom stereocenters. The number of carbonyl (C=O) groups is 1. The van der Waals surface area contributed by atoms with Crippen molar-refractivity contribution in [2.45, 2.75) is 19.2 Å². The fraction of sp³-hybridized carbons (Fsp3) is 0.227. The molecule has 0 spiro atoms. The molecule has 0 saturated carbocycles. The van der Waals surface area contributed by atoms with E-state index in [-0.39, 0.29) is 36.5 Å². The highest BCUT2D eigenvalue weighted by Crippen LogP contribution is 2.29. The number of quaternary nitrogens is 1. The number of halogens is 2. The van der Waals surface area contributed by atoms with Gasteiger partial charge in [-0.1, -0.05) is 36.4 Å². The van der Waals surface area contributed by atoms with Crippen molar-refractivity contribution >= 4 is 5.91 Å². The number of nitrogens with one attached hydrogen (secondary N) is 1. The third-order valence-corrected chi connectivity index (χ3v) is 4.48. The summed E-state index contributed by atoms with van der Waals surface area (Å²) in [6, 6.07) is 17.9. The number of rotatable bonds is 10. The molecule has 0 unspecified atom stereocenters. The summed E-state index contributed by atoms with van der Waals surface area (Å²) >= 11 is 0. The maximum atomic E-state index is 12.4. The normalized spacial score (nSPS) is 11.9. The molecule has 1 aromatic heterocycles. The monoisotopic (exact) mass is 417 g/mol. The van der Waals surface area contributed by atoms with Crippen molar-refractivity contribution in [1.82, 2.24) is 5.32 Å². The third kappa shape index (κ3) is 5.81. The van der Waals surface area contributed by atoms with Crippen LogP contribution in [0.1, 0.15) is 22.9 Å². The molecule has 0 aliphatic carbocycles. The fourth-order valence-corrected chi connectivity index (χ4v) is 3.06. The summed E-state index contributed by atoms with van der Waals surface area (Å²) in [5.41, 5.74) is 1.73. The van der Waals surface area contributed by atoms with Crippen LogP contribution in [0.2, 0.25) is 0 Å². The Morgan fingerprint density at radius 1 is 1.10 bits per heavy atom. The number of methoxy groups -OCH3 is 1. The lowest BCUT2D eigenvalue weighted by Gasteiger charge is -2.14. The van der Waals surface area contributed by atoms with E-state index in [1.165, 1.54) is 13.2 Å². The van der Waals surface area contributed by atoms with Gasteiger partial charge in [0.2, 0.25) is 0 Å². The van der Waals surface area contributed by atoms with E-state index >= 15 is 0 Å². The lowest BCUT2D eigenvalue weighted by atomic mass is 10.0. The molecule has 2 aromatic carbocycles. The van der Waals surface area contributed by atoms with Crippen molar-refractivity contribution in [2.24, 2.45) is 0 Å². The summed E-state index contributed by atoms with van der Waals surface area (Å²) in [6.45, 7) is -2.52. The molecule has 0 fully saturated rings. The SMILES string of the molecule is COc1cc(CNC(=O)C[NH2+][C@H](c2ccccc2)c2ccco2)ccc1OC(F)F. The molecule has 3 N–H and O–H groups in total. The summed E-state index contributed by atoms with van der Waals surface area (Å²) in [7, 11) is 1.36. The van der Waals surface area contributed by atoms with E-state index in [0.29, 0.717) is 5.56 Å². The van der Waals surface area contributed by atoms with Crippen LogP contribution in [0.15, 0.2) is 71.3 Å². The maximum Gasteiger partial charge on any atom is 0.387 e. The van der Waals surface area contributed by atoms with Gasteiger partial charge in [-0.05, 0) is 29.8 Å². The van der Waals surface area contributed by atoms with Crippen LogP contribution in [0, 0.1) is 0 Å².